The highest BCUT2D eigenvalue weighted by Crippen LogP contribution is 2.28. The third-order valence-corrected chi connectivity index (χ3v) is 5.01. The number of carbonyl (C=O) groups is 1. The Balaban J connectivity index is 1.58. The number of nitro groups is 1. The zero-order chi connectivity index (χ0) is 21.5. The van der Waals surface area contributed by atoms with Crippen LogP contribution in [0.25, 0.3) is 0 Å². The summed E-state index contributed by atoms with van der Waals surface area (Å²) in [4.78, 5) is 25.1. The van der Waals surface area contributed by atoms with Gasteiger partial charge in [-0.15, -0.1) is 0 Å². The van der Waals surface area contributed by atoms with Gasteiger partial charge in [-0.05, 0) is 30.2 Å². The maximum atomic E-state index is 12.5. The Morgan fingerprint density at radius 1 is 1.27 bits per heavy atom. The van der Waals surface area contributed by atoms with Crippen molar-refractivity contribution in [3.63, 3.8) is 0 Å². The van der Waals surface area contributed by atoms with Gasteiger partial charge in [0.15, 0.2) is 5.75 Å². The largest absolute Gasteiger partial charge is 0.490 e. The van der Waals surface area contributed by atoms with Gasteiger partial charge in [0.1, 0.15) is 0 Å². The fraction of sp³-hybridized carbons (Fsp3) is 0.381. The van der Waals surface area contributed by atoms with Crippen LogP contribution in [0.3, 0.4) is 0 Å². The molecule has 0 aliphatic carbocycles. The molecule has 1 aliphatic rings. The second kappa shape index (κ2) is 10.1. The summed E-state index contributed by atoms with van der Waals surface area (Å²) in [5.74, 6) is -0.393. The van der Waals surface area contributed by atoms with Gasteiger partial charge in [-0.3, -0.25) is 19.8 Å². The molecule has 9 nitrogen and oxygen atoms in total. The first kappa shape index (κ1) is 21.7. The number of aliphatic hydroxyl groups is 1. The summed E-state index contributed by atoms with van der Waals surface area (Å²) < 4.78 is 10.3. The van der Waals surface area contributed by atoms with Crippen molar-refractivity contribution in [3.05, 3.63) is 63.7 Å². The third kappa shape index (κ3) is 5.53. The van der Waals surface area contributed by atoms with E-state index < -0.39 is 16.9 Å². The van der Waals surface area contributed by atoms with Crippen LogP contribution in [0.15, 0.2) is 42.5 Å². The zero-order valence-electron chi connectivity index (χ0n) is 16.7. The van der Waals surface area contributed by atoms with Gasteiger partial charge in [0.2, 0.25) is 0 Å². The molecule has 2 aromatic carbocycles. The summed E-state index contributed by atoms with van der Waals surface area (Å²) in [6, 6.07) is 10.9. The van der Waals surface area contributed by atoms with E-state index in [1.165, 1.54) is 25.3 Å². The molecular weight excluding hydrogens is 390 g/mol. The predicted octanol–water partition coefficient (Wildman–Crippen LogP) is 2.61. The average Bonchev–Trinajstić information content (AvgIpc) is 2.78. The summed E-state index contributed by atoms with van der Waals surface area (Å²) >= 11 is 0. The second-order valence-corrected chi connectivity index (χ2v) is 6.98. The van der Waals surface area contributed by atoms with Gasteiger partial charge in [0, 0.05) is 43.0 Å². The molecule has 160 valence electrons. The van der Waals surface area contributed by atoms with E-state index in [1.54, 1.807) is 24.3 Å². The number of ether oxygens (including phenoxy) is 2. The fourth-order valence-corrected chi connectivity index (χ4v) is 3.26. The van der Waals surface area contributed by atoms with E-state index in [0.717, 1.165) is 38.4 Å². The normalized spacial score (nSPS) is 15.4. The summed E-state index contributed by atoms with van der Waals surface area (Å²) in [5.41, 5.74) is 1.37. The number of nitrogens with zero attached hydrogens (tertiary/aromatic N) is 2. The molecule has 3 rings (SSSR count). The monoisotopic (exact) mass is 415 g/mol. The van der Waals surface area contributed by atoms with Crippen molar-refractivity contribution >= 4 is 17.3 Å². The van der Waals surface area contributed by atoms with Crippen LogP contribution < -0.4 is 10.1 Å². The van der Waals surface area contributed by atoms with E-state index in [-0.39, 0.29) is 17.0 Å². The summed E-state index contributed by atoms with van der Waals surface area (Å²) in [5, 5.41) is 24.1. The lowest BCUT2D eigenvalue weighted by molar-refractivity contribution is -0.385. The number of hydrogen-bond acceptors (Lipinski definition) is 7. The molecule has 9 heteroatoms. The highest BCUT2D eigenvalue weighted by molar-refractivity contribution is 6.04. The predicted molar refractivity (Wildman–Crippen MR) is 111 cm³/mol. The van der Waals surface area contributed by atoms with Crippen LogP contribution in [-0.2, 0) is 4.74 Å². The molecule has 1 amide bonds. The number of rotatable bonds is 8. The summed E-state index contributed by atoms with van der Waals surface area (Å²) in [6.07, 6.45) is 0.0328. The number of benzene rings is 2. The Labute approximate surface area is 174 Å². The number of nitro benzene ring substituents is 1. The third-order valence-electron chi connectivity index (χ3n) is 5.01. The smallest absolute Gasteiger partial charge is 0.310 e. The van der Waals surface area contributed by atoms with Crippen LogP contribution in [0.1, 0.15) is 28.4 Å². The molecule has 1 saturated heterocycles. The number of hydrogen-bond donors (Lipinski definition) is 2. The van der Waals surface area contributed by atoms with Gasteiger partial charge in [-0.2, -0.15) is 0 Å². The molecule has 0 aromatic heterocycles. The standard InChI is InChI=1S/C21H25N3O6/c1-29-20-14-16(4-7-18(20)24(27)28)21(26)22-17-5-2-15(3-6-17)19(25)8-9-23-10-12-30-13-11-23/h2-7,14,19,25H,8-13H2,1H3,(H,22,26). The van der Waals surface area contributed by atoms with Crippen molar-refractivity contribution in [2.45, 2.75) is 12.5 Å². The molecular formula is C21H25N3O6. The van der Waals surface area contributed by atoms with Crippen molar-refractivity contribution in [2.75, 3.05) is 45.3 Å². The van der Waals surface area contributed by atoms with E-state index in [2.05, 4.69) is 10.2 Å². The van der Waals surface area contributed by atoms with Gasteiger partial charge < -0.3 is 19.9 Å². The van der Waals surface area contributed by atoms with Gasteiger partial charge in [-0.1, -0.05) is 12.1 Å². The number of carbonyl (C=O) groups excluding carboxylic acids is 1. The lowest BCUT2D eigenvalue weighted by Crippen LogP contribution is -2.37. The zero-order valence-corrected chi connectivity index (χ0v) is 16.7. The van der Waals surface area contributed by atoms with Crippen LogP contribution in [-0.4, -0.2) is 60.8 Å². The molecule has 0 saturated carbocycles. The van der Waals surface area contributed by atoms with Gasteiger partial charge >= 0.3 is 5.69 Å². The van der Waals surface area contributed by atoms with Crippen molar-refractivity contribution in [1.29, 1.82) is 0 Å². The number of aliphatic hydroxyl groups excluding tert-OH is 1. The molecule has 1 atom stereocenters. The molecule has 2 N–H and O–H groups in total. The van der Waals surface area contributed by atoms with E-state index >= 15 is 0 Å². The second-order valence-electron chi connectivity index (χ2n) is 6.98. The van der Waals surface area contributed by atoms with E-state index in [9.17, 15) is 20.0 Å². The number of anilines is 1. The summed E-state index contributed by atoms with van der Waals surface area (Å²) in [6.45, 7) is 4.01. The topological polar surface area (TPSA) is 114 Å². The van der Waals surface area contributed by atoms with E-state index in [4.69, 9.17) is 9.47 Å². The average molecular weight is 415 g/mol. The number of nitrogens with one attached hydrogen (secondary N) is 1. The van der Waals surface area contributed by atoms with E-state index in [1.807, 2.05) is 0 Å². The molecule has 2 aromatic rings. The molecule has 1 heterocycles. The van der Waals surface area contributed by atoms with Gasteiger partial charge in [-0.25, -0.2) is 0 Å². The Kier molecular flexibility index (Phi) is 7.34. The first-order chi connectivity index (χ1) is 14.5. The highest BCUT2D eigenvalue weighted by atomic mass is 16.6. The highest BCUT2D eigenvalue weighted by Gasteiger charge is 2.18. The minimum atomic E-state index is -0.587. The molecule has 0 bridgehead atoms. The quantitative estimate of drug-likeness (QED) is 0.503. The molecule has 30 heavy (non-hydrogen) atoms. The SMILES string of the molecule is COc1cc(C(=O)Nc2ccc(C(O)CCN3CCOCC3)cc2)ccc1[N+](=O)[O-]. The van der Waals surface area contributed by atoms with Crippen molar-refractivity contribution in [3.8, 4) is 5.75 Å². The number of morpholine rings is 1. The Morgan fingerprint density at radius 3 is 2.60 bits per heavy atom. The lowest BCUT2D eigenvalue weighted by Gasteiger charge is -2.27. The van der Waals surface area contributed by atoms with Gasteiger partial charge in [0.25, 0.3) is 5.91 Å². The summed E-state index contributed by atoms with van der Waals surface area (Å²) in [7, 11) is 1.31. The van der Waals surface area contributed by atoms with Gasteiger partial charge in [0.05, 0.1) is 31.4 Å². The van der Waals surface area contributed by atoms with Crippen molar-refractivity contribution in [1.82, 2.24) is 4.90 Å². The van der Waals surface area contributed by atoms with Crippen molar-refractivity contribution < 1.29 is 24.3 Å². The molecule has 1 unspecified atom stereocenters. The van der Waals surface area contributed by atoms with Crippen LogP contribution in [0, 0.1) is 10.1 Å². The maximum absolute atomic E-state index is 12.5. The number of amides is 1. The van der Waals surface area contributed by atoms with Crippen LogP contribution in [0.4, 0.5) is 11.4 Å². The minimum Gasteiger partial charge on any atom is -0.490 e. The van der Waals surface area contributed by atoms with Crippen molar-refractivity contribution in [2.24, 2.45) is 0 Å². The molecule has 1 aliphatic heterocycles. The Morgan fingerprint density at radius 2 is 1.97 bits per heavy atom. The molecule has 0 spiro atoms. The first-order valence-electron chi connectivity index (χ1n) is 9.70. The molecule has 0 radical (unpaired) electrons. The Bertz CT molecular complexity index is 881. The van der Waals surface area contributed by atoms with Crippen LogP contribution >= 0.6 is 0 Å². The Hall–Kier alpha value is -3.01. The number of methoxy groups -OCH3 is 1. The molecule has 1 fully saturated rings. The van der Waals surface area contributed by atoms with E-state index in [0.29, 0.717) is 12.1 Å². The fourth-order valence-electron chi connectivity index (χ4n) is 3.26. The first-order valence-corrected chi connectivity index (χ1v) is 9.70. The van der Waals surface area contributed by atoms with Crippen LogP contribution in [0.2, 0.25) is 0 Å². The minimum absolute atomic E-state index is 0.0198. The lowest BCUT2D eigenvalue weighted by atomic mass is 10.1. The maximum Gasteiger partial charge on any atom is 0.310 e. The van der Waals surface area contributed by atoms with Crippen LogP contribution in [0.5, 0.6) is 5.75 Å².